The second-order valence-corrected chi connectivity index (χ2v) is 7.51. The number of benzene rings is 3. The number of carbonyl (C=O) groups is 1. The van der Waals surface area contributed by atoms with Crippen LogP contribution < -0.4 is 10.1 Å². The van der Waals surface area contributed by atoms with Gasteiger partial charge < -0.3 is 4.74 Å². The van der Waals surface area contributed by atoms with E-state index in [0.29, 0.717) is 10.9 Å². The number of aromatic nitrogens is 2. The van der Waals surface area contributed by atoms with E-state index in [1.807, 2.05) is 73.7 Å². The SMILES string of the molecule is Cc1ccc(-c2nnc(NC(=O)[C@H](C)Oc3ccc4ccccc4c3)s2)cc1. The topological polar surface area (TPSA) is 64.1 Å². The molecule has 28 heavy (non-hydrogen) atoms. The number of hydrogen-bond donors (Lipinski definition) is 1. The zero-order chi connectivity index (χ0) is 19.5. The van der Waals surface area contributed by atoms with Crippen LogP contribution in [-0.2, 0) is 4.79 Å². The third kappa shape index (κ3) is 4.02. The van der Waals surface area contributed by atoms with E-state index in [0.717, 1.165) is 21.3 Å². The highest BCUT2D eigenvalue weighted by Gasteiger charge is 2.17. The third-order valence-corrected chi connectivity index (χ3v) is 5.24. The van der Waals surface area contributed by atoms with Crippen LogP contribution >= 0.6 is 11.3 Å². The standard InChI is InChI=1S/C22H19N3O2S/c1-14-7-9-17(10-8-14)21-24-25-22(28-21)23-20(26)15(2)27-19-12-11-16-5-3-4-6-18(16)13-19/h3-13,15H,1-2H3,(H,23,25,26)/t15-/m0/s1. The van der Waals surface area contributed by atoms with Gasteiger partial charge in [0.1, 0.15) is 10.8 Å². The summed E-state index contributed by atoms with van der Waals surface area (Å²) in [4.78, 5) is 12.5. The molecule has 0 fully saturated rings. The number of anilines is 1. The summed E-state index contributed by atoms with van der Waals surface area (Å²) in [6, 6.07) is 21.8. The molecule has 0 aliphatic heterocycles. The Morgan fingerprint density at radius 2 is 1.75 bits per heavy atom. The Balaban J connectivity index is 1.42. The van der Waals surface area contributed by atoms with Crippen LogP contribution in [0.15, 0.2) is 66.7 Å². The van der Waals surface area contributed by atoms with Gasteiger partial charge in [-0.25, -0.2) is 0 Å². The maximum absolute atomic E-state index is 12.5. The molecule has 6 heteroatoms. The first-order valence-electron chi connectivity index (χ1n) is 8.95. The minimum absolute atomic E-state index is 0.264. The minimum atomic E-state index is -0.659. The molecule has 1 N–H and O–H groups in total. The lowest BCUT2D eigenvalue weighted by molar-refractivity contribution is -0.122. The van der Waals surface area contributed by atoms with E-state index in [9.17, 15) is 4.79 Å². The Hall–Kier alpha value is -3.25. The van der Waals surface area contributed by atoms with E-state index in [-0.39, 0.29) is 5.91 Å². The van der Waals surface area contributed by atoms with Gasteiger partial charge in [-0.2, -0.15) is 0 Å². The van der Waals surface area contributed by atoms with E-state index in [2.05, 4.69) is 15.5 Å². The molecule has 1 amide bonds. The maximum Gasteiger partial charge on any atom is 0.266 e. The Morgan fingerprint density at radius 3 is 2.54 bits per heavy atom. The molecule has 5 nitrogen and oxygen atoms in total. The molecule has 1 atom stereocenters. The number of ether oxygens (including phenoxy) is 1. The van der Waals surface area contributed by atoms with E-state index in [1.165, 1.54) is 16.9 Å². The van der Waals surface area contributed by atoms with Crippen molar-refractivity contribution in [1.82, 2.24) is 10.2 Å². The first kappa shape index (κ1) is 18.1. The quantitative estimate of drug-likeness (QED) is 0.517. The van der Waals surface area contributed by atoms with Crippen molar-refractivity contribution in [3.63, 3.8) is 0 Å². The lowest BCUT2D eigenvalue weighted by Gasteiger charge is -2.14. The molecule has 0 aliphatic carbocycles. The second-order valence-electron chi connectivity index (χ2n) is 6.54. The van der Waals surface area contributed by atoms with Crippen LogP contribution in [-0.4, -0.2) is 22.2 Å². The predicted molar refractivity (Wildman–Crippen MR) is 113 cm³/mol. The van der Waals surface area contributed by atoms with Gasteiger partial charge in [0.2, 0.25) is 5.13 Å². The van der Waals surface area contributed by atoms with Gasteiger partial charge in [-0.1, -0.05) is 71.5 Å². The Labute approximate surface area is 167 Å². The zero-order valence-corrected chi connectivity index (χ0v) is 16.4. The van der Waals surface area contributed by atoms with Crippen molar-refractivity contribution < 1.29 is 9.53 Å². The molecule has 1 aromatic heterocycles. The van der Waals surface area contributed by atoms with Crippen LogP contribution in [0.4, 0.5) is 5.13 Å². The average Bonchev–Trinajstić information content (AvgIpc) is 3.17. The lowest BCUT2D eigenvalue weighted by atomic mass is 10.1. The lowest BCUT2D eigenvalue weighted by Crippen LogP contribution is -2.30. The fourth-order valence-electron chi connectivity index (χ4n) is 2.79. The summed E-state index contributed by atoms with van der Waals surface area (Å²) in [6.45, 7) is 3.75. The van der Waals surface area contributed by atoms with Gasteiger partial charge in [-0.3, -0.25) is 10.1 Å². The average molecular weight is 389 g/mol. The molecule has 0 aliphatic rings. The van der Waals surface area contributed by atoms with Gasteiger partial charge in [-0.15, -0.1) is 10.2 Å². The highest BCUT2D eigenvalue weighted by atomic mass is 32.1. The van der Waals surface area contributed by atoms with E-state index in [1.54, 1.807) is 6.92 Å². The number of amides is 1. The van der Waals surface area contributed by atoms with Crippen LogP contribution in [0.2, 0.25) is 0 Å². The molecule has 140 valence electrons. The van der Waals surface area contributed by atoms with Crippen molar-refractivity contribution >= 4 is 33.1 Å². The van der Waals surface area contributed by atoms with Crippen LogP contribution in [0.1, 0.15) is 12.5 Å². The summed E-state index contributed by atoms with van der Waals surface area (Å²) in [5.74, 6) is 0.388. The molecule has 4 rings (SSSR count). The number of rotatable bonds is 5. The van der Waals surface area contributed by atoms with Gasteiger partial charge in [0.05, 0.1) is 0 Å². The van der Waals surface area contributed by atoms with Gasteiger partial charge in [0.15, 0.2) is 6.10 Å². The van der Waals surface area contributed by atoms with Crippen LogP contribution in [0.3, 0.4) is 0 Å². The molecule has 0 bridgehead atoms. The van der Waals surface area contributed by atoms with E-state index >= 15 is 0 Å². The number of hydrogen-bond acceptors (Lipinski definition) is 5. The summed E-state index contributed by atoms with van der Waals surface area (Å²) in [5, 5.41) is 14.4. The Kier molecular flexibility index (Phi) is 5.04. The predicted octanol–water partition coefficient (Wildman–Crippen LogP) is 5.07. The first-order chi connectivity index (χ1) is 13.6. The molecule has 1 heterocycles. The van der Waals surface area contributed by atoms with Gasteiger partial charge in [0.25, 0.3) is 5.91 Å². The summed E-state index contributed by atoms with van der Waals surface area (Å²) in [7, 11) is 0. The fraction of sp³-hybridized carbons (Fsp3) is 0.136. The highest BCUT2D eigenvalue weighted by molar-refractivity contribution is 7.18. The molecule has 0 radical (unpaired) electrons. The van der Waals surface area contributed by atoms with E-state index < -0.39 is 6.10 Å². The van der Waals surface area contributed by atoms with Gasteiger partial charge >= 0.3 is 0 Å². The normalized spacial score (nSPS) is 11.9. The van der Waals surface area contributed by atoms with Crippen molar-refractivity contribution in [2.75, 3.05) is 5.32 Å². The number of fused-ring (bicyclic) bond motifs is 1. The number of aryl methyl sites for hydroxylation is 1. The zero-order valence-electron chi connectivity index (χ0n) is 15.5. The number of nitrogens with zero attached hydrogens (tertiary/aromatic N) is 2. The largest absolute Gasteiger partial charge is 0.481 e. The minimum Gasteiger partial charge on any atom is -0.481 e. The maximum atomic E-state index is 12.5. The molecule has 3 aromatic carbocycles. The fourth-order valence-corrected chi connectivity index (χ4v) is 3.54. The summed E-state index contributed by atoms with van der Waals surface area (Å²) in [5.41, 5.74) is 2.16. The molecular weight excluding hydrogens is 370 g/mol. The van der Waals surface area contributed by atoms with Crippen molar-refractivity contribution in [3.05, 3.63) is 72.3 Å². The van der Waals surface area contributed by atoms with Crippen LogP contribution in [0.25, 0.3) is 21.3 Å². The highest BCUT2D eigenvalue weighted by Crippen LogP contribution is 2.27. The number of nitrogens with one attached hydrogen (secondary N) is 1. The van der Waals surface area contributed by atoms with Crippen LogP contribution in [0.5, 0.6) is 5.75 Å². The molecule has 0 saturated carbocycles. The van der Waals surface area contributed by atoms with Crippen molar-refractivity contribution in [1.29, 1.82) is 0 Å². The first-order valence-corrected chi connectivity index (χ1v) is 9.77. The van der Waals surface area contributed by atoms with Crippen LogP contribution in [0, 0.1) is 6.92 Å². The molecular formula is C22H19N3O2S. The van der Waals surface area contributed by atoms with Crippen molar-refractivity contribution in [3.8, 4) is 16.3 Å². The van der Waals surface area contributed by atoms with Crippen molar-refractivity contribution in [2.45, 2.75) is 20.0 Å². The summed E-state index contributed by atoms with van der Waals surface area (Å²) >= 11 is 1.34. The molecule has 0 unspecified atom stereocenters. The summed E-state index contributed by atoms with van der Waals surface area (Å²) < 4.78 is 5.81. The second kappa shape index (κ2) is 7.78. The molecule has 4 aromatic rings. The summed E-state index contributed by atoms with van der Waals surface area (Å²) in [6.07, 6.45) is -0.659. The third-order valence-electron chi connectivity index (χ3n) is 4.36. The molecule has 0 saturated heterocycles. The smallest absolute Gasteiger partial charge is 0.266 e. The number of carbonyl (C=O) groups excluding carboxylic acids is 1. The van der Waals surface area contributed by atoms with E-state index in [4.69, 9.17) is 4.74 Å². The Bertz CT molecular complexity index is 1120. The van der Waals surface area contributed by atoms with Gasteiger partial charge in [0, 0.05) is 5.56 Å². The Morgan fingerprint density at radius 1 is 1.00 bits per heavy atom. The molecule has 0 spiro atoms. The van der Waals surface area contributed by atoms with Gasteiger partial charge in [-0.05, 0) is 36.8 Å². The van der Waals surface area contributed by atoms with Crippen molar-refractivity contribution in [2.24, 2.45) is 0 Å². The monoisotopic (exact) mass is 389 g/mol.